The Labute approximate surface area is 233 Å². The van der Waals surface area contributed by atoms with E-state index < -0.39 is 18.3 Å². The Morgan fingerprint density at radius 2 is 1.59 bits per heavy atom. The van der Waals surface area contributed by atoms with Crippen LogP contribution < -0.4 is 9.47 Å². The molecule has 0 aliphatic carbocycles. The number of benzene rings is 2. The molecule has 0 bridgehead atoms. The summed E-state index contributed by atoms with van der Waals surface area (Å²) >= 11 is 0. The molecule has 0 spiro atoms. The minimum atomic E-state index is -3.79. The SMILES string of the molecule is COc1cc2c(-c3cccn3S(=O)(=O)c3ccc(C)cc3)cn(CCCO[Si](C)(C)C(C)(C)C)c2cc1OC. The highest BCUT2D eigenvalue weighted by Crippen LogP contribution is 2.40. The number of fused-ring (bicyclic) bond motifs is 1. The standard InChI is InChI=1S/C30H40N2O5SSi/c1-22-12-14-23(15-13-22)38(33,34)32-17-9-11-26(32)25-21-31(16-10-18-37-39(7,8)30(2,3)4)27-20-29(36-6)28(35-5)19-24(25)27/h9,11-15,17,19-21H,10,16,18H2,1-8H3. The third kappa shape index (κ3) is 5.66. The van der Waals surface area contributed by atoms with Gasteiger partial charge in [-0.05, 0) is 61.8 Å². The maximum atomic E-state index is 13.7. The summed E-state index contributed by atoms with van der Waals surface area (Å²) in [5.41, 5.74) is 3.33. The zero-order valence-electron chi connectivity index (χ0n) is 24.2. The molecule has 210 valence electrons. The van der Waals surface area contributed by atoms with Crippen molar-refractivity contribution in [3.8, 4) is 22.8 Å². The second kappa shape index (κ2) is 10.9. The van der Waals surface area contributed by atoms with E-state index in [4.69, 9.17) is 13.9 Å². The fourth-order valence-corrected chi connectivity index (χ4v) is 6.84. The zero-order chi connectivity index (χ0) is 28.6. The lowest BCUT2D eigenvalue weighted by Crippen LogP contribution is -2.41. The number of rotatable bonds is 10. The molecule has 0 aliphatic rings. The van der Waals surface area contributed by atoms with Crippen LogP contribution in [0.1, 0.15) is 32.8 Å². The van der Waals surface area contributed by atoms with Gasteiger partial charge < -0.3 is 18.5 Å². The Bertz CT molecular complexity index is 1560. The molecule has 7 nitrogen and oxygen atoms in total. The first-order valence-corrected chi connectivity index (χ1v) is 17.5. The van der Waals surface area contributed by atoms with Crippen molar-refractivity contribution in [1.82, 2.24) is 8.54 Å². The van der Waals surface area contributed by atoms with Gasteiger partial charge in [0.2, 0.25) is 0 Å². The Balaban J connectivity index is 1.76. The molecule has 0 amide bonds. The highest BCUT2D eigenvalue weighted by molar-refractivity contribution is 7.90. The van der Waals surface area contributed by atoms with Crippen LogP contribution in [0.4, 0.5) is 0 Å². The molecule has 0 radical (unpaired) electrons. The lowest BCUT2D eigenvalue weighted by molar-refractivity contribution is 0.275. The van der Waals surface area contributed by atoms with Crippen molar-refractivity contribution in [2.24, 2.45) is 0 Å². The molecule has 0 saturated heterocycles. The normalized spacial score (nSPS) is 12.7. The zero-order valence-corrected chi connectivity index (χ0v) is 26.1. The van der Waals surface area contributed by atoms with Gasteiger partial charge in [0, 0.05) is 42.6 Å². The summed E-state index contributed by atoms with van der Waals surface area (Å²) in [6.07, 6.45) is 4.45. The van der Waals surface area contributed by atoms with Gasteiger partial charge in [0.15, 0.2) is 19.8 Å². The van der Waals surface area contributed by atoms with E-state index in [0.29, 0.717) is 30.3 Å². The van der Waals surface area contributed by atoms with E-state index in [-0.39, 0.29) is 9.93 Å². The number of aryl methyl sites for hydroxylation is 2. The average molecular weight is 569 g/mol. The molecule has 4 aromatic rings. The summed E-state index contributed by atoms with van der Waals surface area (Å²) in [6, 6.07) is 14.4. The number of methoxy groups -OCH3 is 2. The molecule has 0 saturated carbocycles. The van der Waals surface area contributed by atoms with Crippen LogP contribution in [0.5, 0.6) is 11.5 Å². The van der Waals surface area contributed by atoms with Crippen LogP contribution >= 0.6 is 0 Å². The van der Waals surface area contributed by atoms with Crippen LogP contribution in [0, 0.1) is 6.92 Å². The molecule has 9 heteroatoms. The number of ether oxygens (including phenoxy) is 2. The molecule has 0 N–H and O–H groups in total. The van der Waals surface area contributed by atoms with Crippen molar-refractivity contribution in [3.05, 3.63) is 66.5 Å². The van der Waals surface area contributed by atoms with Gasteiger partial charge in [-0.25, -0.2) is 12.4 Å². The number of nitrogens with zero attached hydrogens (tertiary/aromatic N) is 2. The van der Waals surface area contributed by atoms with Gasteiger partial charge in [0.05, 0.1) is 30.3 Å². The highest BCUT2D eigenvalue weighted by atomic mass is 32.2. The quantitative estimate of drug-likeness (QED) is 0.151. The maximum absolute atomic E-state index is 13.7. The van der Waals surface area contributed by atoms with E-state index in [0.717, 1.165) is 28.5 Å². The predicted octanol–water partition coefficient (Wildman–Crippen LogP) is 7.08. The minimum Gasteiger partial charge on any atom is -0.493 e. The predicted molar refractivity (Wildman–Crippen MR) is 160 cm³/mol. The molecule has 0 atom stereocenters. The molecule has 39 heavy (non-hydrogen) atoms. The summed E-state index contributed by atoms with van der Waals surface area (Å²) in [4.78, 5) is 0.247. The monoisotopic (exact) mass is 568 g/mol. The Morgan fingerprint density at radius 1 is 0.949 bits per heavy atom. The van der Waals surface area contributed by atoms with Crippen LogP contribution in [0.2, 0.25) is 18.1 Å². The first-order chi connectivity index (χ1) is 18.3. The molecular formula is C30H40N2O5SSi. The van der Waals surface area contributed by atoms with Crippen molar-refractivity contribution in [2.75, 3.05) is 20.8 Å². The van der Waals surface area contributed by atoms with Crippen molar-refractivity contribution in [1.29, 1.82) is 0 Å². The molecular weight excluding hydrogens is 528 g/mol. The molecule has 0 aliphatic heterocycles. The molecule has 2 aromatic heterocycles. The molecule has 2 heterocycles. The molecule has 0 fully saturated rings. The molecule has 2 aromatic carbocycles. The summed E-state index contributed by atoms with van der Waals surface area (Å²) in [5, 5.41) is 1.04. The van der Waals surface area contributed by atoms with E-state index in [2.05, 4.69) is 38.4 Å². The first-order valence-electron chi connectivity index (χ1n) is 13.2. The van der Waals surface area contributed by atoms with Crippen LogP contribution in [0.25, 0.3) is 22.2 Å². The van der Waals surface area contributed by atoms with Crippen LogP contribution in [-0.4, -0.2) is 46.1 Å². The minimum absolute atomic E-state index is 0.151. The van der Waals surface area contributed by atoms with Crippen molar-refractivity contribution < 1.29 is 22.3 Å². The van der Waals surface area contributed by atoms with Gasteiger partial charge in [-0.3, -0.25) is 0 Å². The molecule has 0 unspecified atom stereocenters. The van der Waals surface area contributed by atoms with E-state index in [1.807, 2.05) is 43.5 Å². The topological polar surface area (TPSA) is 71.7 Å². The summed E-state index contributed by atoms with van der Waals surface area (Å²) < 4.78 is 48.4. The van der Waals surface area contributed by atoms with Crippen LogP contribution in [-0.2, 0) is 21.0 Å². The van der Waals surface area contributed by atoms with Crippen LogP contribution in [0.15, 0.2) is 65.8 Å². The van der Waals surface area contributed by atoms with E-state index in [1.165, 1.54) is 3.97 Å². The fraction of sp³-hybridized carbons (Fsp3) is 0.400. The third-order valence-corrected chi connectivity index (χ3v) is 14.0. The summed E-state index contributed by atoms with van der Waals surface area (Å²) in [5.74, 6) is 1.21. The van der Waals surface area contributed by atoms with Crippen molar-refractivity contribution >= 4 is 29.2 Å². The third-order valence-electron chi connectivity index (χ3n) is 7.77. The largest absolute Gasteiger partial charge is 0.493 e. The van der Waals surface area contributed by atoms with Gasteiger partial charge in [-0.1, -0.05) is 38.5 Å². The van der Waals surface area contributed by atoms with Gasteiger partial charge in [0.25, 0.3) is 10.0 Å². The fourth-order valence-electron chi connectivity index (χ4n) is 4.39. The summed E-state index contributed by atoms with van der Waals surface area (Å²) in [6.45, 7) is 14.6. The number of hydrogen-bond donors (Lipinski definition) is 0. The molecule has 4 rings (SSSR count). The maximum Gasteiger partial charge on any atom is 0.268 e. The Kier molecular flexibility index (Phi) is 8.07. The second-order valence-corrected chi connectivity index (χ2v) is 18.1. The van der Waals surface area contributed by atoms with Crippen molar-refractivity contribution in [2.45, 2.75) is 63.7 Å². The number of hydrogen-bond acceptors (Lipinski definition) is 5. The van der Waals surface area contributed by atoms with E-state index in [1.54, 1.807) is 38.6 Å². The first kappa shape index (κ1) is 29.0. The second-order valence-electron chi connectivity index (χ2n) is 11.4. The Morgan fingerprint density at radius 3 is 2.21 bits per heavy atom. The number of aromatic nitrogens is 2. The van der Waals surface area contributed by atoms with E-state index in [9.17, 15) is 8.42 Å². The smallest absolute Gasteiger partial charge is 0.268 e. The lowest BCUT2D eigenvalue weighted by Gasteiger charge is -2.36. The van der Waals surface area contributed by atoms with Gasteiger partial charge in [0.1, 0.15) is 0 Å². The van der Waals surface area contributed by atoms with E-state index >= 15 is 0 Å². The van der Waals surface area contributed by atoms with Gasteiger partial charge >= 0.3 is 0 Å². The summed E-state index contributed by atoms with van der Waals surface area (Å²) in [7, 11) is -2.42. The average Bonchev–Trinajstić information content (AvgIpc) is 3.50. The van der Waals surface area contributed by atoms with Gasteiger partial charge in [-0.15, -0.1) is 0 Å². The Hall–Kier alpha value is -3.01. The van der Waals surface area contributed by atoms with Crippen molar-refractivity contribution in [3.63, 3.8) is 0 Å². The van der Waals surface area contributed by atoms with Gasteiger partial charge in [-0.2, -0.15) is 0 Å². The lowest BCUT2D eigenvalue weighted by atomic mass is 10.1. The highest BCUT2D eigenvalue weighted by Gasteiger charge is 2.36. The van der Waals surface area contributed by atoms with Crippen LogP contribution in [0.3, 0.4) is 0 Å².